The van der Waals surface area contributed by atoms with Crippen molar-refractivity contribution in [3.8, 4) is 0 Å². The number of hydrogen-bond donors (Lipinski definition) is 1. The van der Waals surface area contributed by atoms with Crippen LogP contribution in [0.4, 0.5) is 0 Å². The Balaban J connectivity index is 1.82. The zero-order chi connectivity index (χ0) is 15.1. The van der Waals surface area contributed by atoms with Crippen LogP contribution in [0.2, 0.25) is 0 Å². The van der Waals surface area contributed by atoms with Crippen molar-refractivity contribution in [3.05, 3.63) is 34.9 Å². The quantitative estimate of drug-likeness (QED) is 0.817. The normalized spacial score (nSPS) is 17.9. The van der Waals surface area contributed by atoms with E-state index >= 15 is 0 Å². The number of rotatable bonds is 6. The number of aryl methyl sites for hydroxylation is 2. The number of hydrogen-bond acceptors (Lipinski definition) is 3. The molecule has 3 heteroatoms. The van der Waals surface area contributed by atoms with Gasteiger partial charge in [0.05, 0.1) is 0 Å². The molecule has 0 aromatic heterocycles. The molecule has 118 valence electrons. The Labute approximate surface area is 130 Å². The van der Waals surface area contributed by atoms with Gasteiger partial charge in [0.15, 0.2) is 0 Å². The molecule has 1 heterocycles. The highest BCUT2D eigenvalue weighted by atomic mass is 15.2. The summed E-state index contributed by atoms with van der Waals surface area (Å²) in [5, 5.41) is 0. The molecule has 2 N–H and O–H groups in total. The van der Waals surface area contributed by atoms with Crippen molar-refractivity contribution >= 4 is 0 Å². The molecule has 1 fully saturated rings. The molecule has 0 atom stereocenters. The average Bonchev–Trinajstić information content (AvgIpc) is 2.64. The van der Waals surface area contributed by atoms with Gasteiger partial charge in [0.2, 0.25) is 0 Å². The zero-order valence-electron chi connectivity index (χ0n) is 13.8. The van der Waals surface area contributed by atoms with E-state index < -0.39 is 0 Å². The van der Waals surface area contributed by atoms with Gasteiger partial charge in [0.25, 0.3) is 0 Å². The number of nitrogens with zero attached hydrogens (tertiary/aromatic N) is 2. The van der Waals surface area contributed by atoms with E-state index in [0.29, 0.717) is 0 Å². The largest absolute Gasteiger partial charge is 0.330 e. The minimum atomic E-state index is 0.826. The molecule has 0 bridgehead atoms. The Bertz CT molecular complexity index is 410. The lowest BCUT2D eigenvalue weighted by Gasteiger charge is -2.22. The van der Waals surface area contributed by atoms with E-state index in [1.807, 2.05) is 0 Å². The Morgan fingerprint density at radius 1 is 0.905 bits per heavy atom. The van der Waals surface area contributed by atoms with E-state index in [0.717, 1.165) is 19.5 Å². The topological polar surface area (TPSA) is 32.5 Å². The van der Waals surface area contributed by atoms with Gasteiger partial charge in [0.1, 0.15) is 0 Å². The summed E-state index contributed by atoms with van der Waals surface area (Å²) in [5.74, 6) is 0. The molecule has 0 radical (unpaired) electrons. The summed E-state index contributed by atoms with van der Waals surface area (Å²) in [7, 11) is 0. The summed E-state index contributed by atoms with van der Waals surface area (Å²) in [4.78, 5) is 5.22. The van der Waals surface area contributed by atoms with Crippen molar-refractivity contribution in [2.45, 2.75) is 39.7 Å². The molecule has 0 spiro atoms. The van der Waals surface area contributed by atoms with Gasteiger partial charge in [-0.3, -0.25) is 4.90 Å². The van der Waals surface area contributed by atoms with Gasteiger partial charge in [-0.25, -0.2) is 0 Å². The fourth-order valence-electron chi connectivity index (χ4n) is 3.30. The summed E-state index contributed by atoms with van der Waals surface area (Å²) < 4.78 is 0. The lowest BCUT2D eigenvalue weighted by Crippen LogP contribution is -2.31. The first-order chi connectivity index (χ1) is 10.2. The lowest BCUT2D eigenvalue weighted by atomic mass is 10.1. The van der Waals surface area contributed by atoms with Crippen molar-refractivity contribution in [2.75, 3.05) is 39.3 Å². The van der Waals surface area contributed by atoms with E-state index in [9.17, 15) is 0 Å². The molecule has 1 aromatic rings. The molecule has 0 unspecified atom stereocenters. The Morgan fingerprint density at radius 3 is 2.29 bits per heavy atom. The summed E-state index contributed by atoms with van der Waals surface area (Å²) >= 11 is 0. The van der Waals surface area contributed by atoms with Gasteiger partial charge in [-0.05, 0) is 64.9 Å². The maximum atomic E-state index is 5.58. The first kappa shape index (κ1) is 16.5. The Kier molecular flexibility index (Phi) is 6.68. The maximum Gasteiger partial charge on any atom is 0.0234 e. The van der Waals surface area contributed by atoms with Crippen LogP contribution in [0.3, 0.4) is 0 Å². The van der Waals surface area contributed by atoms with Crippen LogP contribution in [0.5, 0.6) is 0 Å². The molecular formula is C18H31N3. The van der Waals surface area contributed by atoms with E-state index in [-0.39, 0.29) is 0 Å². The zero-order valence-corrected chi connectivity index (χ0v) is 13.8. The van der Waals surface area contributed by atoms with Crippen LogP contribution in [0.1, 0.15) is 36.0 Å². The Morgan fingerprint density at radius 2 is 1.57 bits per heavy atom. The Hall–Kier alpha value is -0.900. The molecule has 1 saturated heterocycles. The third-order valence-electron chi connectivity index (χ3n) is 4.30. The summed E-state index contributed by atoms with van der Waals surface area (Å²) in [5.41, 5.74) is 9.80. The van der Waals surface area contributed by atoms with Gasteiger partial charge in [0, 0.05) is 19.6 Å². The SMILES string of the molecule is Cc1cc(C)cc(CN2CCCN(CCCCN)CC2)c1. The van der Waals surface area contributed by atoms with Crippen LogP contribution in [-0.2, 0) is 6.54 Å². The van der Waals surface area contributed by atoms with Crippen LogP contribution in [0.25, 0.3) is 0 Å². The van der Waals surface area contributed by atoms with Crippen LogP contribution < -0.4 is 5.73 Å². The number of nitrogens with two attached hydrogens (primary N) is 1. The van der Waals surface area contributed by atoms with Crippen molar-refractivity contribution in [2.24, 2.45) is 5.73 Å². The minimum absolute atomic E-state index is 0.826. The predicted octanol–water partition coefficient (Wildman–Crippen LogP) is 2.55. The summed E-state index contributed by atoms with van der Waals surface area (Å²) in [6, 6.07) is 6.92. The molecule has 1 aromatic carbocycles. The van der Waals surface area contributed by atoms with Crippen molar-refractivity contribution < 1.29 is 0 Å². The van der Waals surface area contributed by atoms with E-state index in [1.54, 1.807) is 0 Å². The standard InChI is InChI=1S/C18H31N3/c1-16-12-17(2)14-18(13-16)15-21-9-5-8-20(10-11-21)7-4-3-6-19/h12-14H,3-11,15,19H2,1-2H3. The first-order valence-corrected chi connectivity index (χ1v) is 8.39. The molecule has 1 aliphatic rings. The van der Waals surface area contributed by atoms with E-state index in [1.165, 1.54) is 62.3 Å². The van der Waals surface area contributed by atoms with Crippen LogP contribution >= 0.6 is 0 Å². The molecule has 2 rings (SSSR count). The maximum absolute atomic E-state index is 5.58. The third kappa shape index (κ3) is 5.77. The van der Waals surface area contributed by atoms with Crippen molar-refractivity contribution in [1.29, 1.82) is 0 Å². The van der Waals surface area contributed by atoms with Crippen LogP contribution in [0.15, 0.2) is 18.2 Å². The monoisotopic (exact) mass is 289 g/mol. The molecule has 3 nitrogen and oxygen atoms in total. The van der Waals surface area contributed by atoms with E-state index in [4.69, 9.17) is 5.73 Å². The first-order valence-electron chi connectivity index (χ1n) is 8.39. The second-order valence-electron chi connectivity index (χ2n) is 6.46. The summed E-state index contributed by atoms with van der Waals surface area (Å²) in [6.07, 6.45) is 3.68. The number of unbranched alkanes of at least 4 members (excludes halogenated alkanes) is 1. The second kappa shape index (κ2) is 8.52. The summed E-state index contributed by atoms with van der Waals surface area (Å²) in [6.45, 7) is 12.4. The minimum Gasteiger partial charge on any atom is -0.330 e. The highest BCUT2D eigenvalue weighted by molar-refractivity contribution is 5.28. The highest BCUT2D eigenvalue weighted by Gasteiger charge is 2.14. The molecule has 21 heavy (non-hydrogen) atoms. The van der Waals surface area contributed by atoms with Gasteiger partial charge >= 0.3 is 0 Å². The van der Waals surface area contributed by atoms with E-state index in [2.05, 4.69) is 41.8 Å². The van der Waals surface area contributed by atoms with Gasteiger partial charge in [-0.1, -0.05) is 29.3 Å². The van der Waals surface area contributed by atoms with Crippen LogP contribution in [-0.4, -0.2) is 49.1 Å². The highest BCUT2D eigenvalue weighted by Crippen LogP contribution is 2.13. The fourth-order valence-corrected chi connectivity index (χ4v) is 3.30. The van der Waals surface area contributed by atoms with Gasteiger partial charge < -0.3 is 10.6 Å². The van der Waals surface area contributed by atoms with Gasteiger partial charge in [-0.15, -0.1) is 0 Å². The van der Waals surface area contributed by atoms with Crippen molar-refractivity contribution in [1.82, 2.24) is 9.80 Å². The predicted molar refractivity (Wildman–Crippen MR) is 90.5 cm³/mol. The second-order valence-corrected chi connectivity index (χ2v) is 6.46. The molecular weight excluding hydrogens is 258 g/mol. The molecule has 0 saturated carbocycles. The number of benzene rings is 1. The smallest absolute Gasteiger partial charge is 0.0234 e. The van der Waals surface area contributed by atoms with Crippen LogP contribution in [0, 0.1) is 13.8 Å². The lowest BCUT2D eigenvalue weighted by molar-refractivity contribution is 0.249. The molecule has 0 aliphatic carbocycles. The average molecular weight is 289 g/mol. The van der Waals surface area contributed by atoms with Gasteiger partial charge in [-0.2, -0.15) is 0 Å². The molecule has 1 aliphatic heterocycles. The third-order valence-corrected chi connectivity index (χ3v) is 4.30. The fraction of sp³-hybridized carbons (Fsp3) is 0.667. The molecule has 0 amide bonds. The van der Waals surface area contributed by atoms with Crippen molar-refractivity contribution in [3.63, 3.8) is 0 Å².